The molecule has 1 aliphatic rings. The van der Waals surface area contributed by atoms with Crippen molar-refractivity contribution < 1.29 is 9.90 Å². The summed E-state index contributed by atoms with van der Waals surface area (Å²) in [5, 5.41) is 10.5. The van der Waals surface area contributed by atoms with Crippen LogP contribution in [0.2, 0.25) is 0 Å². The summed E-state index contributed by atoms with van der Waals surface area (Å²) in [6, 6.07) is 9.84. The van der Waals surface area contributed by atoms with Crippen LogP contribution in [0.1, 0.15) is 58.1 Å². The minimum Gasteiger partial charge on any atom is -0.388 e. The number of nitrogens with zero attached hydrogens (tertiary/aromatic N) is 1. The highest BCUT2D eigenvalue weighted by Gasteiger charge is 2.28. The highest BCUT2D eigenvalue weighted by molar-refractivity contribution is 5.76. The number of likely N-dealkylation sites (tertiary alicyclic amines) is 1. The molecule has 1 N–H and O–H groups in total. The van der Waals surface area contributed by atoms with Crippen molar-refractivity contribution in [3.8, 4) is 0 Å². The number of carbonyl (C=O) groups is 1. The average molecular weight is 303 g/mol. The van der Waals surface area contributed by atoms with E-state index in [1.807, 2.05) is 35.2 Å². The van der Waals surface area contributed by atoms with Crippen LogP contribution in [-0.2, 0) is 4.79 Å². The molecule has 2 rings (SSSR count). The molecule has 122 valence electrons. The molecule has 1 heterocycles. The predicted octanol–water partition coefficient (Wildman–Crippen LogP) is 3.78. The molecule has 0 saturated carbocycles. The van der Waals surface area contributed by atoms with Crippen LogP contribution in [-0.4, -0.2) is 29.0 Å². The maximum atomic E-state index is 12.3. The van der Waals surface area contributed by atoms with Gasteiger partial charge in [-0.15, -0.1) is 0 Å². The molecule has 3 nitrogen and oxygen atoms in total. The number of piperidine rings is 1. The highest BCUT2D eigenvalue weighted by Crippen LogP contribution is 2.31. The van der Waals surface area contributed by atoms with Crippen LogP contribution in [0.5, 0.6) is 0 Å². The van der Waals surface area contributed by atoms with Gasteiger partial charge in [0.1, 0.15) is 0 Å². The summed E-state index contributed by atoms with van der Waals surface area (Å²) in [6.07, 6.45) is 2.93. The van der Waals surface area contributed by atoms with Gasteiger partial charge in [-0.3, -0.25) is 4.79 Å². The second-order valence-electron chi connectivity index (χ2n) is 7.63. The summed E-state index contributed by atoms with van der Waals surface area (Å²) in [5.74, 6) is 0.525. The fraction of sp³-hybridized carbons (Fsp3) is 0.632. The van der Waals surface area contributed by atoms with Gasteiger partial charge in [0.25, 0.3) is 0 Å². The number of hydrogen-bond acceptors (Lipinski definition) is 2. The molecule has 1 saturated heterocycles. The van der Waals surface area contributed by atoms with Crippen LogP contribution in [0.3, 0.4) is 0 Å². The van der Waals surface area contributed by atoms with Gasteiger partial charge in [0.2, 0.25) is 5.91 Å². The van der Waals surface area contributed by atoms with Crippen LogP contribution < -0.4 is 0 Å². The van der Waals surface area contributed by atoms with Crippen molar-refractivity contribution in [1.82, 2.24) is 4.90 Å². The molecule has 1 unspecified atom stereocenters. The third-order valence-electron chi connectivity index (χ3n) is 4.57. The molecule has 1 aromatic carbocycles. The van der Waals surface area contributed by atoms with E-state index in [2.05, 4.69) is 20.8 Å². The Morgan fingerprint density at radius 2 is 1.82 bits per heavy atom. The third kappa shape index (κ3) is 4.84. The van der Waals surface area contributed by atoms with E-state index in [-0.39, 0.29) is 17.2 Å². The van der Waals surface area contributed by atoms with Crippen molar-refractivity contribution in [2.75, 3.05) is 13.1 Å². The molecule has 0 radical (unpaired) electrons. The Morgan fingerprint density at radius 3 is 2.36 bits per heavy atom. The van der Waals surface area contributed by atoms with Gasteiger partial charge in [-0.2, -0.15) is 0 Å². The topological polar surface area (TPSA) is 40.5 Å². The maximum Gasteiger partial charge on any atom is 0.222 e. The van der Waals surface area contributed by atoms with Gasteiger partial charge >= 0.3 is 0 Å². The standard InChI is InChI=1S/C19H29NO2/c1-19(2,3)12-9-17(21)20-13-10-16(11-14-20)18(22)15-7-5-4-6-8-15/h4-8,16,18,22H,9-14H2,1-3H3. The van der Waals surface area contributed by atoms with E-state index in [4.69, 9.17) is 0 Å². The van der Waals surface area contributed by atoms with Gasteiger partial charge in [0, 0.05) is 19.5 Å². The Kier molecular flexibility index (Phi) is 5.63. The maximum absolute atomic E-state index is 12.3. The largest absolute Gasteiger partial charge is 0.388 e. The molecular weight excluding hydrogens is 274 g/mol. The van der Waals surface area contributed by atoms with Crippen molar-refractivity contribution in [2.24, 2.45) is 11.3 Å². The molecule has 0 aliphatic carbocycles. The fourth-order valence-corrected chi connectivity index (χ4v) is 3.03. The zero-order valence-corrected chi connectivity index (χ0v) is 14.1. The molecular formula is C19H29NO2. The lowest BCUT2D eigenvalue weighted by Gasteiger charge is -2.35. The van der Waals surface area contributed by atoms with E-state index >= 15 is 0 Å². The molecule has 1 atom stereocenters. The number of rotatable bonds is 4. The van der Waals surface area contributed by atoms with Crippen LogP contribution in [0.15, 0.2) is 30.3 Å². The molecule has 22 heavy (non-hydrogen) atoms. The van der Waals surface area contributed by atoms with Crippen molar-refractivity contribution in [1.29, 1.82) is 0 Å². The number of aliphatic hydroxyl groups excluding tert-OH is 1. The lowest BCUT2D eigenvalue weighted by atomic mass is 9.87. The van der Waals surface area contributed by atoms with Gasteiger partial charge in [-0.25, -0.2) is 0 Å². The lowest BCUT2D eigenvalue weighted by molar-refractivity contribution is -0.133. The Morgan fingerprint density at radius 1 is 1.23 bits per heavy atom. The smallest absolute Gasteiger partial charge is 0.222 e. The molecule has 1 amide bonds. The summed E-state index contributed by atoms with van der Waals surface area (Å²) in [6.45, 7) is 8.06. The van der Waals surface area contributed by atoms with Crippen molar-refractivity contribution in [2.45, 2.75) is 52.6 Å². The lowest BCUT2D eigenvalue weighted by Crippen LogP contribution is -2.40. The van der Waals surface area contributed by atoms with Gasteiger partial charge in [0.15, 0.2) is 0 Å². The zero-order chi connectivity index (χ0) is 16.2. The van der Waals surface area contributed by atoms with E-state index < -0.39 is 6.10 Å². The average Bonchev–Trinajstić information content (AvgIpc) is 2.52. The Balaban J connectivity index is 1.81. The monoisotopic (exact) mass is 303 g/mol. The Hall–Kier alpha value is -1.35. The molecule has 3 heteroatoms. The summed E-state index contributed by atoms with van der Waals surface area (Å²) in [4.78, 5) is 14.2. The molecule has 1 fully saturated rings. The van der Waals surface area contributed by atoms with E-state index in [1.54, 1.807) is 0 Å². The summed E-state index contributed by atoms with van der Waals surface area (Å²) in [7, 11) is 0. The van der Waals surface area contributed by atoms with Crippen LogP contribution in [0.25, 0.3) is 0 Å². The Bertz CT molecular complexity index is 470. The van der Waals surface area contributed by atoms with Crippen molar-refractivity contribution >= 4 is 5.91 Å². The third-order valence-corrected chi connectivity index (χ3v) is 4.57. The number of aliphatic hydroxyl groups is 1. The summed E-state index contributed by atoms with van der Waals surface area (Å²) < 4.78 is 0. The van der Waals surface area contributed by atoms with E-state index in [0.717, 1.165) is 37.9 Å². The molecule has 0 aromatic heterocycles. The minimum atomic E-state index is -0.409. The zero-order valence-electron chi connectivity index (χ0n) is 14.1. The van der Waals surface area contributed by atoms with Gasteiger partial charge in [-0.1, -0.05) is 51.1 Å². The number of hydrogen-bond donors (Lipinski definition) is 1. The number of benzene rings is 1. The molecule has 1 aliphatic heterocycles. The number of carbonyl (C=O) groups excluding carboxylic acids is 1. The molecule has 0 spiro atoms. The SMILES string of the molecule is CC(C)(C)CCC(=O)N1CCC(C(O)c2ccccc2)CC1. The van der Waals surface area contributed by atoms with Crippen LogP contribution in [0, 0.1) is 11.3 Å². The quantitative estimate of drug-likeness (QED) is 0.919. The normalized spacial score (nSPS) is 18.3. The first-order valence-corrected chi connectivity index (χ1v) is 8.37. The molecule has 0 bridgehead atoms. The first kappa shape index (κ1) is 17.0. The molecule has 1 aromatic rings. The summed E-state index contributed by atoms with van der Waals surface area (Å²) in [5.41, 5.74) is 1.19. The fourth-order valence-electron chi connectivity index (χ4n) is 3.03. The first-order chi connectivity index (χ1) is 10.4. The van der Waals surface area contributed by atoms with Crippen molar-refractivity contribution in [3.63, 3.8) is 0 Å². The number of amides is 1. The minimum absolute atomic E-state index is 0.206. The summed E-state index contributed by atoms with van der Waals surface area (Å²) >= 11 is 0. The van der Waals surface area contributed by atoms with Gasteiger partial charge in [-0.05, 0) is 36.2 Å². The predicted molar refractivity (Wildman–Crippen MR) is 89.4 cm³/mol. The van der Waals surface area contributed by atoms with E-state index in [1.165, 1.54) is 0 Å². The van der Waals surface area contributed by atoms with Crippen LogP contribution in [0.4, 0.5) is 0 Å². The second-order valence-corrected chi connectivity index (χ2v) is 7.63. The van der Waals surface area contributed by atoms with Crippen LogP contribution >= 0.6 is 0 Å². The highest BCUT2D eigenvalue weighted by atomic mass is 16.3. The Labute approximate surface area is 134 Å². The first-order valence-electron chi connectivity index (χ1n) is 8.37. The van der Waals surface area contributed by atoms with E-state index in [0.29, 0.717) is 6.42 Å². The van der Waals surface area contributed by atoms with Crippen molar-refractivity contribution in [3.05, 3.63) is 35.9 Å². The van der Waals surface area contributed by atoms with Gasteiger partial charge < -0.3 is 10.0 Å². The second kappa shape index (κ2) is 7.28. The van der Waals surface area contributed by atoms with E-state index in [9.17, 15) is 9.90 Å². The van der Waals surface area contributed by atoms with Gasteiger partial charge in [0.05, 0.1) is 6.10 Å².